The maximum Gasteiger partial charge on any atom is 0.290 e. The highest BCUT2D eigenvalue weighted by Gasteiger charge is 2.25. The van der Waals surface area contributed by atoms with Crippen LogP contribution in [0.2, 0.25) is 0 Å². The van der Waals surface area contributed by atoms with Crippen molar-refractivity contribution in [3.05, 3.63) is 40.3 Å². The van der Waals surface area contributed by atoms with Crippen LogP contribution in [0.4, 0.5) is 0 Å². The molecule has 0 spiro atoms. The summed E-state index contributed by atoms with van der Waals surface area (Å²) in [5.74, 6) is -0.844. The summed E-state index contributed by atoms with van der Waals surface area (Å²) in [5, 5.41) is 5.04. The number of hydrogen-bond acceptors (Lipinski definition) is 6. The van der Waals surface area contributed by atoms with E-state index in [0.29, 0.717) is 17.3 Å². The van der Waals surface area contributed by atoms with E-state index < -0.39 is 5.91 Å². The van der Waals surface area contributed by atoms with Gasteiger partial charge in [0.25, 0.3) is 17.4 Å². The standard InChI is InChI=1S/C19H26N6O3/c1-4-25-19(28)15-8-6-5-7-14(15)16(22-25)18(27)21-20-17(26)13(2)24-11-9-23(3)10-12-24/h5-8,13H,4,9-12H2,1-3H3,(H,20,26)(H,21,27)/t13-/m1/s1. The number of fused-ring (bicyclic) bond motifs is 1. The topological polar surface area (TPSA) is 99.6 Å². The molecule has 2 amide bonds. The molecule has 3 rings (SSSR count). The molecule has 0 bridgehead atoms. The molecule has 0 radical (unpaired) electrons. The van der Waals surface area contributed by atoms with E-state index in [0.717, 1.165) is 26.2 Å². The molecule has 0 saturated carbocycles. The van der Waals surface area contributed by atoms with Crippen LogP contribution in [0.5, 0.6) is 0 Å². The Morgan fingerprint density at radius 1 is 1.11 bits per heavy atom. The van der Waals surface area contributed by atoms with Gasteiger partial charge in [-0.3, -0.25) is 30.1 Å². The van der Waals surface area contributed by atoms with Gasteiger partial charge in [0.1, 0.15) is 0 Å². The van der Waals surface area contributed by atoms with Crippen LogP contribution in [0.1, 0.15) is 24.3 Å². The molecular weight excluding hydrogens is 360 g/mol. The maximum atomic E-state index is 12.7. The predicted octanol–water partition coefficient (Wildman–Crippen LogP) is -0.187. The molecule has 9 nitrogen and oxygen atoms in total. The van der Waals surface area contributed by atoms with Gasteiger partial charge in [-0.05, 0) is 27.0 Å². The largest absolute Gasteiger partial charge is 0.304 e. The quantitative estimate of drug-likeness (QED) is 0.707. The van der Waals surface area contributed by atoms with Crippen molar-refractivity contribution in [1.82, 2.24) is 30.4 Å². The van der Waals surface area contributed by atoms with E-state index in [1.54, 1.807) is 31.2 Å². The van der Waals surface area contributed by atoms with Gasteiger partial charge in [-0.1, -0.05) is 18.2 Å². The number of rotatable bonds is 4. The fourth-order valence-electron chi connectivity index (χ4n) is 3.27. The highest BCUT2D eigenvalue weighted by molar-refractivity contribution is 6.05. The van der Waals surface area contributed by atoms with Crippen molar-refractivity contribution in [2.45, 2.75) is 26.4 Å². The number of piperazine rings is 1. The molecule has 2 aromatic rings. The van der Waals surface area contributed by atoms with E-state index in [-0.39, 0.29) is 23.2 Å². The summed E-state index contributed by atoms with van der Waals surface area (Å²) in [6, 6.07) is 6.46. The lowest BCUT2D eigenvalue weighted by Crippen LogP contribution is -2.55. The summed E-state index contributed by atoms with van der Waals surface area (Å²) in [6.07, 6.45) is 0. The number of nitrogens with one attached hydrogen (secondary N) is 2. The number of benzene rings is 1. The summed E-state index contributed by atoms with van der Waals surface area (Å²) >= 11 is 0. The first kappa shape index (κ1) is 20.0. The number of amides is 2. The number of hydrogen-bond donors (Lipinski definition) is 2. The minimum absolute atomic E-state index is 0.101. The van der Waals surface area contributed by atoms with Gasteiger partial charge in [-0.15, -0.1) is 0 Å². The Bertz CT molecular complexity index is 933. The van der Waals surface area contributed by atoms with Crippen LogP contribution < -0.4 is 16.4 Å². The Morgan fingerprint density at radius 3 is 2.39 bits per heavy atom. The second kappa shape index (κ2) is 8.49. The van der Waals surface area contributed by atoms with E-state index >= 15 is 0 Å². The monoisotopic (exact) mass is 386 g/mol. The normalized spacial score (nSPS) is 16.7. The van der Waals surface area contributed by atoms with Crippen molar-refractivity contribution in [3.63, 3.8) is 0 Å². The van der Waals surface area contributed by atoms with Crippen molar-refractivity contribution in [3.8, 4) is 0 Å². The Kier molecular flexibility index (Phi) is 6.05. The molecule has 1 fully saturated rings. The van der Waals surface area contributed by atoms with E-state index in [2.05, 4.69) is 32.8 Å². The van der Waals surface area contributed by atoms with Crippen molar-refractivity contribution in [2.24, 2.45) is 0 Å². The molecule has 1 aliphatic rings. The van der Waals surface area contributed by atoms with Crippen LogP contribution in [-0.2, 0) is 11.3 Å². The summed E-state index contributed by atoms with van der Waals surface area (Å²) in [4.78, 5) is 41.8. The van der Waals surface area contributed by atoms with E-state index in [4.69, 9.17) is 0 Å². The van der Waals surface area contributed by atoms with Gasteiger partial charge < -0.3 is 4.90 Å². The molecule has 1 aliphatic heterocycles. The van der Waals surface area contributed by atoms with Crippen molar-refractivity contribution < 1.29 is 9.59 Å². The number of carbonyl (C=O) groups is 2. The minimum Gasteiger partial charge on any atom is -0.304 e. The van der Waals surface area contributed by atoms with Gasteiger partial charge in [-0.25, -0.2) is 4.68 Å². The van der Waals surface area contributed by atoms with Gasteiger partial charge in [0.05, 0.1) is 11.4 Å². The lowest BCUT2D eigenvalue weighted by molar-refractivity contribution is -0.127. The lowest BCUT2D eigenvalue weighted by Gasteiger charge is -2.35. The molecule has 0 unspecified atom stereocenters. The first-order valence-electron chi connectivity index (χ1n) is 9.45. The zero-order valence-corrected chi connectivity index (χ0v) is 16.4. The number of nitrogens with zero attached hydrogens (tertiary/aromatic N) is 4. The lowest BCUT2D eigenvalue weighted by atomic mass is 10.1. The molecule has 1 aromatic heterocycles. The number of likely N-dealkylation sites (N-methyl/N-ethyl adjacent to an activating group) is 1. The Labute approximate surface area is 163 Å². The average molecular weight is 386 g/mol. The number of aromatic nitrogens is 2. The maximum absolute atomic E-state index is 12.7. The summed E-state index contributed by atoms with van der Waals surface area (Å²) in [7, 11) is 2.05. The molecule has 1 aromatic carbocycles. The average Bonchev–Trinajstić information content (AvgIpc) is 2.72. The van der Waals surface area contributed by atoms with E-state index in [9.17, 15) is 14.4 Å². The smallest absolute Gasteiger partial charge is 0.290 e. The third-order valence-electron chi connectivity index (χ3n) is 5.15. The highest BCUT2D eigenvalue weighted by Crippen LogP contribution is 2.13. The molecule has 2 N–H and O–H groups in total. The van der Waals surface area contributed by atoms with Gasteiger partial charge in [0.2, 0.25) is 0 Å². The predicted molar refractivity (Wildman–Crippen MR) is 106 cm³/mol. The van der Waals surface area contributed by atoms with Gasteiger partial charge in [-0.2, -0.15) is 5.10 Å². The van der Waals surface area contributed by atoms with E-state index in [1.807, 2.05) is 6.92 Å². The minimum atomic E-state index is -0.558. The third kappa shape index (κ3) is 4.05. The Hall–Kier alpha value is -2.78. The summed E-state index contributed by atoms with van der Waals surface area (Å²) in [6.45, 7) is 7.34. The van der Waals surface area contributed by atoms with Gasteiger partial charge in [0, 0.05) is 38.1 Å². The number of carbonyl (C=O) groups excluding carboxylic acids is 2. The molecule has 1 saturated heterocycles. The Balaban J connectivity index is 1.72. The molecule has 0 aliphatic carbocycles. The summed E-state index contributed by atoms with van der Waals surface area (Å²) < 4.78 is 1.24. The molecular formula is C19H26N6O3. The molecule has 28 heavy (non-hydrogen) atoms. The zero-order chi connectivity index (χ0) is 20.3. The zero-order valence-electron chi connectivity index (χ0n) is 16.4. The first-order valence-corrected chi connectivity index (χ1v) is 9.45. The fourth-order valence-corrected chi connectivity index (χ4v) is 3.27. The third-order valence-corrected chi connectivity index (χ3v) is 5.15. The first-order chi connectivity index (χ1) is 13.4. The van der Waals surface area contributed by atoms with Crippen LogP contribution in [0, 0.1) is 0 Å². The Morgan fingerprint density at radius 2 is 1.75 bits per heavy atom. The van der Waals surface area contributed by atoms with Crippen LogP contribution in [0.25, 0.3) is 10.8 Å². The SMILES string of the molecule is CCn1nc(C(=O)NNC(=O)[C@@H](C)N2CCN(C)CC2)c2ccccc2c1=O. The second-order valence-electron chi connectivity index (χ2n) is 6.97. The van der Waals surface area contributed by atoms with Crippen molar-refractivity contribution >= 4 is 22.6 Å². The summed E-state index contributed by atoms with van der Waals surface area (Å²) in [5.41, 5.74) is 4.78. The van der Waals surface area contributed by atoms with Crippen molar-refractivity contribution in [2.75, 3.05) is 33.2 Å². The second-order valence-corrected chi connectivity index (χ2v) is 6.97. The van der Waals surface area contributed by atoms with Gasteiger partial charge >= 0.3 is 0 Å². The van der Waals surface area contributed by atoms with Crippen molar-refractivity contribution in [1.29, 1.82) is 0 Å². The highest BCUT2D eigenvalue weighted by atomic mass is 16.2. The number of hydrazine groups is 1. The van der Waals surface area contributed by atoms with Crippen LogP contribution in [0.15, 0.2) is 29.1 Å². The van der Waals surface area contributed by atoms with Crippen LogP contribution in [-0.4, -0.2) is 70.7 Å². The fraction of sp³-hybridized carbons (Fsp3) is 0.474. The number of aryl methyl sites for hydroxylation is 1. The van der Waals surface area contributed by atoms with Gasteiger partial charge in [0.15, 0.2) is 5.69 Å². The molecule has 150 valence electrons. The molecule has 9 heteroatoms. The molecule has 1 atom stereocenters. The van der Waals surface area contributed by atoms with Crippen LogP contribution in [0.3, 0.4) is 0 Å². The van der Waals surface area contributed by atoms with E-state index in [1.165, 1.54) is 4.68 Å². The van der Waals surface area contributed by atoms with Crippen LogP contribution >= 0.6 is 0 Å². The molecule has 2 heterocycles.